The van der Waals surface area contributed by atoms with Crippen molar-refractivity contribution in [3.05, 3.63) is 64.7 Å². The lowest BCUT2D eigenvalue weighted by molar-refractivity contribution is -0.125. The molecule has 1 atom stereocenters. The van der Waals surface area contributed by atoms with E-state index in [2.05, 4.69) is 27.5 Å². The second-order valence-corrected chi connectivity index (χ2v) is 9.80. The first kappa shape index (κ1) is 25.9. The molecule has 2 aromatic rings. The molecule has 0 aliphatic carbocycles. The Bertz CT molecular complexity index is 1220. The average molecular weight is 526 g/mol. The molecule has 0 fully saturated rings. The zero-order chi connectivity index (χ0) is 25.5. The van der Waals surface area contributed by atoms with Crippen LogP contribution >= 0.6 is 23.4 Å². The zero-order valence-electron chi connectivity index (χ0n) is 20.0. The minimum Gasteiger partial charge on any atom is -0.356 e. The van der Waals surface area contributed by atoms with Gasteiger partial charge < -0.3 is 10.6 Å². The van der Waals surface area contributed by atoms with E-state index in [4.69, 9.17) is 11.6 Å². The molecule has 0 radical (unpaired) electrons. The van der Waals surface area contributed by atoms with E-state index in [-0.39, 0.29) is 29.9 Å². The molecule has 0 saturated carbocycles. The number of nitrogens with one attached hydrogen (secondary N) is 2. The van der Waals surface area contributed by atoms with Crippen LogP contribution in [0.15, 0.2) is 58.5 Å². The van der Waals surface area contributed by atoms with Crippen LogP contribution < -0.4 is 10.6 Å². The van der Waals surface area contributed by atoms with E-state index in [9.17, 15) is 14.4 Å². The molecule has 2 heterocycles. The largest absolute Gasteiger partial charge is 0.356 e. The summed E-state index contributed by atoms with van der Waals surface area (Å²) >= 11 is 7.34. The number of hydrogen-bond acceptors (Lipinski definition) is 6. The quantitative estimate of drug-likeness (QED) is 0.457. The van der Waals surface area contributed by atoms with Gasteiger partial charge in [-0.25, -0.2) is 9.89 Å². The Kier molecular flexibility index (Phi) is 8.77. The molecule has 8 nitrogen and oxygen atoms in total. The lowest BCUT2D eigenvalue weighted by Crippen LogP contribution is -2.41. The van der Waals surface area contributed by atoms with Gasteiger partial charge in [0.1, 0.15) is 11.9 Å². The summed E-state index contributed by atoms with van der Waals surface area (Å²) in [6, 6.07) is 14.1. The number of amidine groups is 2. The van der Waals surface area contributed by atoms with Crippen LogP contribution in [0.25, 0.3) is 0 Å². The van der Waals surface area contributed by atoms with Crippen LogP contribution in [0.2, 0.25) is 5.02 Å². The minimum atomic E-state index is -0.664. The van der Waals surface area contributed by atoms with E-state index in [0.717, 1.165) is 24.0 Å². The third-order valence-electron chi connectivity index (χ3n) is 5.81. The molecule has 0 aromatic heterocycles. The Hall–Kier alpha value is -3.17. The van der Waals surface area contributed by atoms with Crippen LogP contribution in [0, 0.1) is 0 Å². The van der Waals surface area contributed by atoms with Crippen LogP contribution in [-0.4, -0.2) is 52.0 Å². The summed E-state index contributed by atoms with van der Waals surface area (Å²) in [7, 11) is 0. The number of aliphatic imine (C=N–C) groups is 2. The summed E-state index contributed by atoms with van der Waals surface area (Å²) in [5.41, 5.74) is 2.28. The molecule has 188 valence electrons. The Morgan fingerprint density at radius 1 is 1.08 bits per heavy atom. The highest BCUT2D eigenvalue weighted by Crippen LogP contribution is 2.34. The fourth-order valence-electron chi connectivity index (χ4n) is 3.86. The monoisotopic (exact) mass is 525 g/mol. The number of rotatable bonds is 10. The molecule has 0 saturated heterocycles. The molecule has 2 aromatic carbocycles. The number of carbonyl (C=O) groups is 3. The number of para-hydroxylation sites is 1. The molecule has 4 rings (SSSR count). The lowest BCUT2D eigenvalue weighted by Gasteiger charge is -2.25. The number of hydrogen-bond donors (Lipinski definition) is 2. The number of halogens is 1. The van der Waals surface area contributed by atoms with Crippen molar-refractivity contribution >= 4 is 57.8 Å². The summed E-state index contributed by atoms with van der Waals surface area (Å²) in [6.07, 6.45) is 2.46. The summed E-state index contributed by atoms with van der Waals surface area (Å²) < 4.78 is 0. The first-order valence-corrected chi connectivity index (χ1v) is 13.3. The maximum absolute atomic E-state index is 13.3. The number of thioether (sulfide) groups is 1. The van der Waals surface area contributed by atoms with Crippen LogP contribution in [0.1, 0.15) is 43.7 Å². The minimum absolute atomic E-state index is 0.0764. The molecule has 10 heteroatoms. The maximum atomic E-state index is 13.3. The van der Waals surface area contributed by atoms with Gasteiger partial charge >= 0.3 is 0 Å². The van der Waals surface area contributed by atoms with Gasteiger partial charge in [0.2, 0.25) is 11.8 Å². The number of nitrogens with zero attached hydrogens (tertiary/aromatic N) is 3. The molecular formula is C26H28ClN5O3S. The van der Waals surface area contributed by atoms with Gasteiger partial charge in [0, 0.05) is 30.1 Å². The Morgan fingerprint density at radius 3 is 2.67 bits per heavy atom. The molecule has 0 unspecified atom stereocenters. The van der Waals surface area contributed by atoms with Gasteiger partial charge in [0.15, 0.2) is 5.17 Å². The fraction of sp³-hybridized carbons (Fsp3) is 0.346. The standard InChI is InChI=1S/C26H28ClN5O3S/c1-2-3-14-28-22(33)13-12-21-25(35)32-24(30-21)18-9-5-7-11-20(18)31-26(32)36-16-23(34)29-15-17-8-4-6-10-19(17)27/h4-11,21H,2-3,12-16H2,1H3,(H,28,33)(H,29,34)/t21-/m1/s1. The molecule has 3 amide bonds. The summed E-state index contributed by atoms with van der Waals surface area (Å²) in [5, 5.41) is 6.72. The fourth-order valence-corrected chi connectivity index (χ4v) is 4.90. The van der Waals surface area contributed by atoms with E-state index in [0.29, 0.717) is 41.2 Å². The highest BCUT2D eigenvalue weighted by atomic mass is 35.5. The normalized spacial score (nSPS) is 16.1. The highest BCUT2D eigenvalue weighted by Gasteiger charge is 2.41. The van der Waals surface area contributed by atoms with E-state index in [1.165, 1.54) is 16.7 Å². The highest BCUT2D eigenvalue weighted by molar-refractivity contribution is 8.14. The zero-order valence-corrected chi connectivity index (χ0v) is 21.6. The maximum Gasteiger partial charge on any atom is 0.259 e. The Labute approximate surface area is 219 Å². The lowest BCUT2D eigenvalue weighted by atomic mass is 10.1. The van der Waals surface area contributed by atoms with Crippen LogP contribution in [-0.2, 0) is 20.9 Å². The van der Waals surface area contributed by atoms with Gasteiger partial charge in [-0.2, -0.15) is 0 Å². The van der Waals surface area contributed by atoms with Crippen molar-refractivity contribution in [1.29, 1.82) is 0 Å². The Balaban J connectivity index is 1.41. The van der Waals surface area contributed by atoms with Crippen molar-refractivity contribution in [2.24, 2.45) is 9.98 Å². The number of carbonyl (C=O) groups excluding carboxylic acids is 3. The summed E-state index contributed by atoms with van der Waals surface area (Å²) in [4.78, 5) is 48.8. The summed E-state index contributed by atoms with van der Waals surface area (Å²) in [6.45, 7) is 3.01. The van der Waals surface area contributed by atoms with Gasteiger partial charge in [-0.3, -0.25) is 19.4 Å². The number of fused-ring (bicyclic) bond motifs is 3. The van der Waals surface area contributed by atoms with E-state index in [1.807, 2.05) is 42.5 Å². The molecule has 0 bridgehead atoms. The van der Waals surface area contributed by atoms with Gasteiger partial charge in [0.05, 0.1) is 11.4 Å². The summed E-state index contributed by atoms with van der Waals surface area (Å²) in [5.74, 6) is 0.0733. The van der Waals surface area contributed by atoms with E-state index in [1.54, 1.807) is 6.07 Å². The molecule has 2 aliphatic rings. The van der Waals surface area contributed by atoms with Crippen LogP contribution in [0.4, 0.5) is 5.69 Å². The van der Waals surface area contributed by atoms with Crippen molar-refractivity contribution < 1.29 is 14.4 Å². The number of benzene rings is 2. The van der Waals surface area contributed by atoms with Crippen molar-refractivity contribution in [2.45, 2.75) is 45.2 Å². The molecule has 2 N–H and O–H groups in total. The third kappa shape index (κ3) is 6.14. The van der Waals surface area contributed by atoms with Crippen molar-refractivity contribution in [3.63, 3.8) is 0 Å². The van der Waals surface area contributed by atoms with Gasteiger partial charge in [-0.1, -0.05) is 67.0 Å². The first-order valence-electron chi connectivity index (χ1n) is 12.0. The second-order valence-electron chi connectivity index (χ2n) is 8.45. The van der Waals surface area contributed by atoms with Crippen molar-refractivity contribution in [1.82, 2.24) is 15.5 Å². The van der Waals surface area contributed by atoms with Crippen molar-refractivity contribution in [3.8, 4) is 0 Å². The Morgan fingerprint density at radius 2 is 1.86 bits per heavy atom. The number of amides is 3. The van der Waals surface area contributed by atoms with Gasteiger partial charge in [-0.15, -0.1) is 0 Å². The topological polar surface area (TPSA) is 103 Å². The predicted molar refractivity (Wildman–Crippen MR) is 144 cm³/mol. The van der Waals surface area contributed by atoms with Crippen LogP contribution in [0.5, 0.6) is 0 Å². The van der Waals surface area contributed by atoms with E-state index < -0.39 is 6.04 Å². The van der Waals surface area contributed by atoms with E-state index >= 15 is 0 Å². The predicted octanol–water partition coefficient (Wildman–Crippen LogP) is 4.04. The van der Waals surface area contributed by atoms with Gasteiger partial charge in [0.25, 0.3) is 5.91 Å². The smallest absolute Gasteiger partial charge is 0.259 e. The third-order valence-corrected chi connectivity index (χ3v) is 7.12. The van der Waals surface area contributed by atoms with Crippen molar-refractivity contribution in [2.75, 3.05) is 12.3 Å². The molecular weight excluding hydrogens is 498 g/mol. The molecule has 2 aliphatic heterocycles. The SMILES string of the molecule is CCCCNC(=O)CC[C@H]1N=C2c3ccccc3N=C(SCC(=O)NCc3ccccc3Cl)N2C1=O. The van der Waals surface area contributed by atoms with Gasteiger partial charge in [-0.05, 0) is 36.6 Å². The second kappa shape index (κ2) is 12.2. The molecule has 0 spiro atoms. The molecule has 36 heavy (non-hydrogen) atoms. The average Bonchev–Trinajstić information content (AvgIpc) is 3.22. The van der Waals surface area contributed by atoms with Crippen LogP contribution in [0.3, 0.4) is 0 Å². The first-order chi connectivity index (χ1) is 17.5. The number of unbranched alkanes of at least 4 members (excludes halogenated alkanes) is 1.